The number of imidazole rings is 1. The molecule has 0 saturated heterocycles. The van der Waals surface area contributed by atoms with Crippen LogP contribution in [0.4, 0.5) is 11.6 Å². The zero-order valence-corrected chi connectivity index (χ0v) is 17.8. The van der Waals surface area contributed by atoms with Gasteiger partial charge in [-0.05, 0) is 48.7 Å². The summed E-state index contributed by atoms with van der Waals surface area (Å²) in [6, 6.07) is 15.0. The highest BCUT2D eigenvalue weighted by Gasteiger charge is 2.19. The molecule has 0 unspecified atom stereocenters. The van der Waals surface area contributed by atoms with E-state index >= 15 is 0 Å². The smallest absolute Gasteiger partial charge is 0.326 e. The van der Waals surface area contributed by atoms with E-state index in [-0.39, 0.29) is 6.54 Å². The Morgan fingerprint density at radius 2 is 1.81 bits per heavy atom. The van der Waals surface area contributed by atoms with Crippen LogP contribution in [0.1, 0.15) is 22.3 Å². The first-order chi connectivity index (χ1) is 14.8. The van der Waals surface area contributed by atoms with E-state index in [1.807, 2.05) is 32.0 Å². The van der Waals surface area contributed by atoms with Crippen molar-refractivity contribution < 1.29 is 0 Å². The van der Waals surface area contributed by atoms with Crippen molar-refractivity contribution in [3.63, 3.8) is 0 Å². The van der Waals surface area contributed by atoms with Crippen molar-refractivity contribution in [1.82, 2.24) is 18.7 Å². The molecule has 2 aromatic carbocycles. The van der Waals surface area contributed by atoms with Gasteiger partial charge in [0, 0.05) is 19.8 Å². The lowest BCUT2D eigenvalue weighted by Crippen LogP contribution is -2.39. The average molecular weight is 414 g/mol. The van der Waals surface area contributed by atoms with Crippen LogP contribution in [0.2, 0.25) is 0 Å². The fraction of sp³-hybridized carbons (Fsp3) is 0.217. The Balaban J connectivity index is 1.83. The molecule has 0 bridgehead atoms. The fourth-order valence-corrected chi connectivity index (χ4v) is 3.57. The number of aryl methyl sites for hydroxylation is 4. The van der Waals surface area contributed by atoms with E-state index in [4.69, 9.17) is 5.26 Å². The van der Waals surface area contributed by atoms with Crippen LogP contribution >= 0.6 is 0 Å². The molecule has 1 N–H and O–H groups in total. The van der Waals surface area contributed by atoms with E-state index in [0.717, 1.165) is 16.7 Å². The summed E-state index contributed by atoms with van der Waals surface area (Å²) in [5, 5.41) is 12.2. The van der Waals surface area contributed by atoms with E-state index in [1.54, 1.807) is 42.9 Å². The van der Waals surface area contributed by atoms with Gasteiger partial charge >= 0.3 is 5.69 Å². The van der Waals surface area contributed by atoms with Gasteiger partial charge in [0.1, 0.15) is 0 Å². The summed E-state index contributed by atoms with van der Waals surface area (Å²) >= 11 is 0. The van der Waals surface area contributed by atoms with Gasteiger partial charge in [0.25, 0.3) is 5.56 Å². The van der Waals surface area contributed by atoms with Crippen LogP contribution < -0.4 is 16.6 Å². The van der Waals surface area contributed by atoms with Crippen LogP contribution in [-0.4, -0.2) is 18.7 Å². The molecule has 0 radical (unpaired) electrons. The van der Waals surface area contributed by atoms with Crippen LogP contribution in [-0.2, 0) is 20.6 Å². The molecule has 2 aromatic heterocycles. The van der Waals surface area contributed by atoms with Crippen molar-refractivity contribution >= 4 is 22.8 Å². The molecule has 0 atom stereocenters. The zero-order valence-electron chi connectivity index (χ0n) is 17.8. The van der Waals surface area contributed by atoms with Gasteiger partial charge in [-0.1, -0.05) is 24.3 Å². The number of nitrogens with one attached hydrogen (secondary N) is 1. The van der Waals surface area contributed by atoms with Crippen molar-refractivity contribution in [2.24, 2.45) is 14.1 Å². The normalized spacial score (nSPS) is 10.9. The zero-order chi connectivity index (χ0) is 22.3. The number of rotatable bonds is 4. The molecule has 156 valence electrons. The maximum absolute atomic E-state index is 13.3. The van der Waals surface area contributed by atoms with Crippen molar-refractivity contribution in [3.05, 3.63) is 85.6 Å². The summed E-state index contributed by atoms with van der Waals surface area (Å²) < 4.78 is 4.25. The van der Waals surface area contributed by atoms with E-state index in [1.165, 1.54) is 9.13 Å². The van der Waals surface area contributed by atoms with Gasteiger partial charge in [0.05, 0.1) is 18.2 Å². The number of nitrogens with zero attached hydrogens (tertiary/aromatic N) is 5. The van der Waals surface area contributed by atoms with Gasteiger partial charge in [-0.15, -0.1) is 0 Å². The minimum Gasteiger partial charge on any atom is -0.326 e. The largest absolute Gasteiger partial charge is 0.332 e. The third-order valence-corrected chi connectivity index (χ3v) is 5.52. The Hall–Kier alpha value is -4.12. The number of hydrogen-bond donors (Lipinski definition) is 1. The molecule has 0 aliphatic rings. The lowest BCUT2D eigenvalue weighted by Gasteiger charge is -2.10. The molecular weight excluding hydrogens is 392 g/mol. The third-order valence-electron chi connectivity index (χ3n) is 5.52. The highest BCUT2D eigenvalue weighted by Crippen LogP contribution is 2.20. The summed E-state index contributed by atoms with van der Waals surface area (Å²) in [6.07, 6.45) is 0. The van der Waals surface area contributed by atoms with Crippen molar-refractivity contribution in [3.8, 4) is 6.07 Å². The predicted octanol–water partition coefficient (Wildman–Crippen LogP) is 2.71. The Kier molecular flexibility index (Phi) is 4.95. The standard InChI is InChI=1S/C23H22N6O2/c1-14-8-9-17(10-15(14)2)13-29-21(30)19-20(28(4)23(29)31)26-22(27(19)3)25-18-7-5-6-16(11-18)12-24/h5-11H,13H2,1-4H3,(H,25,26). The maximum Gasteiger partial charge on any atom is 0.332 e. The van der Waals surface area contributed by atoms with Crippen LogP contribution in [0.3, 0.4) is 0 Å². The molecule has 0 aliphatic heterocycles. The summed E-state index contributed by atoms with van der Waals surface area (Å²) in [4.78, 5) is 30.7. The van der Waals surface area contributed by atoms with Crippen LogP contribution in [0.5, 0.6) is 0 Å². The quantitative estimate of drug-likeness (QED) is 0.554. The lowest BCUT2D eigenvalue weighted by atomic mass is 10.1. The molecule has 8 nitrogen and oxygen atoms in total. The second-order valence-corrected chi connectivity index (χ2v) is 7.64. The van der Waals surface area contributed by atoms with Crippen LogP contribution in [0.25, 0.3) is 11.2 Å². The summed E-state index contributed by atoms with van der Waals surface area (Å²) in [5.74, 6) is 0.404. The Morgan fingerprint density at radius 1 is 1.03 bits per heavy atom. The van der Waals surface area contributed by atoms with Crippen molar-refractivity contribution in [1.29, 1.82) is 5.26 Å². The number of fused-ring (bicyclic) bond motifs is 1. The molecule has 8 heteroatoms. The molecule has 31 heavy (non-hydrogen) atoms. The molecular formula is C23H22N6O2. The van der Waals surface area contributed by atoms with Gasteiger partial charge in [-0.3, -0.25) is 13.9 Å². The second kappa shape index (κ2) is 7.61. The second-order valence-electron chi connectivity index (χ2n) is 7.64. The summed E-state index contributed by atoms with van der Waals surface area (Å²) in [7, 11) is 3.33. The number of nitriles is 1. The first-order valence-corrected chi connectivity index (χ1v) is 9.79. The average Bonchev–Trinajstić information content (AvgIpc) is 3.08. The monoisotopic (exact) mass is 414 g/mol. The minimum atomic E-state index is -0.424. The SMILES string of the molecule is Cc1ccc(Cn2c(=O)c3c(nc(Nc4cccc(C#N)c4)n3C)n(C)c2=O)cc1C. The van der Waals surface area contributed by atoms with Crippen molar-refractivity contribution in [2.75, 3.05) is 5.32 Å². The van der Waals surface area contributed by atoms with Crippen LogP contribution in [0.15, 0.2) is 52.1 Å². The topological polar surface area (TPSA) is 97.6 Å². The lowest BCUT2D eigenvalue weighted by molar-refractivity contribution is 0.654. The highest BCUT2D eigenvalue weighted by atomic mass is 16.2. The van der Waals surface area contributed by atoms with E-state index < -0.39 is 11.2 Å². The predicted molar refractivity (Wildman–Crippen MR) is 120 cm³/mol. The van der Waals surface area contributed by atoms with E-state index in [2.05, 4.69) is 16.4 Å². The summed E-state index contributed by atoms with van der Waals surface area (Å²) in [5.41, 5.74) is 4.12. The number of hydrogen-bond acceptors (Lipinski definition) is 5. The third kappa shape index (κ3) is 3.51. The number of benzene rings is 2. The summed E-state index contributed by atoms with van der Waals surface area (Å²) in [6.45, 7) is 4.21. The molecule has 0 saturated carbocycles. The molecule has 0 spiro atoms. The molecule has 2 heterocycles. The molecule has 0 aliphatic carbocycles. The Bertz CT molecular complexity index is 1480. The first-order valence-electron chi connectivity index (χ1n) is 9.79. The van der Waals surface area contributed by atoms with Gasteiger partial charge in [-0.25, -0.2) is 4.79 Å². The first kappa shape index (κ1) is 20.2. The Morgan fingerprint density at radius 3 is 2.52 bits per heavy atom. The fourth-order valence-electron chi connectivity index (χ4n) is 3.57. The molecule has 0 amide bonds. The maximum atomic E-state index is 13.3. The minimum absolute atomic E-state index is 0.181. The highest BCUT2D eigenvalue weighted by molar-refractivity contribution is 5.75. The number of aromatic nitrogens is 4. The molecule has 0 fully saturated rings. The van der Waals surface area contributed by atoms with E-state index in [0.29, 0.717) is 28.4 Å². The van der Waals surface area contributed by atoms with Gasteiger partial charge < -0.3 is 9.88 Å². The van der Waals surface area contributed by atoms with Gasteiger partial charge in [-0.2, -0.15) is 10.2 Å². The Labute approximate surface area is 178 Å². The van der Waals surface area contributed by atoms with Gasteiger partial charge in [0.2, 0.25) is 5.95 Å². The molecule has 4 aromatic rings. The van der Waals surface area contributed by atoms with Crippen LogP contribution in [0, 0.1) is 25.2 Å². The van der Waals surface area contributed by atoms with Crippen molar-refractivity contribution in [2.45, 2.75) is 20.4 Å². The molecule has 4 rings (SSSR count). The van der Waals surface area contributed by atoms with Gasteiger partial charge in [0.15, 0.2) is 11.2 Å². The number of anilines is 2. The van der Waals surface area contributed by atoms with E-state index in [9.17, 15) is 9.59 Å².